The third-order valence-corrected chi connectivity index (χ3v) is 2.15. The third-order valence-electron chi connectivity index (χ3n) is 2.15. The third kappa shape index (κ3) is 1.87. The predicted molar refractivity (Wildman–Crippen MR) is 47.1 cm³/mol. The zero-order valence-corrected chi connectivity index (χ0v) is 7.05. The Morgan fingerprint density at radius 2 is 2.50 bits per heavy atom. The van der Waals surface area contributed by atoms with Gasteiger partial charge in [0.05, 0.1) is 6.26 Å². The van der Waals surface area contributed by atoms with Crippen LogP contribution >= 0.6 is 0 Å². The van der Waals surface area contributed by atoms with Crippen molar-refractivity contribution in [1.29, 1.82) is 0 Å². The average molecular weight is 166 g/mol. The summed E-state index contributed by atoms with van der Waals surface area (Å²) >= 11 is 0. The maximum Gasteiger partial charge on any atom is 0.105 e. The molecule has 0 radical (unpaired) electrons. The van der Waals surface area contributed by atoms with Crippen LogP contribution in [0.5, 0.6) is 0 Å². The van der Waals surface area contributed by atoms with Crippen molar-refractivity contribution in [3.05, 3.63) is 24.2 Å². The SMILES string of the molecule is c1coc(CC2CNCCN2)c1. The van der Waals surface area contributed by atoms with E-state index in [9.17, 15) is 0 Å². The minimum absolute atomic E-state index is 0.532. The van der Waals surface area contributed by atoms with Crippen LogP contribution in [0.3, 0.4) is 0 Å². The van der Waals surface area contributed by atoms with Gasteiger partial charge in [0.1, 0.15) is 5.76 Å². The monoisotopic (exact) mass is 166 g/mol. The van der Waals surface area contributed by atoms with Crippen LogP contribution in [0.1, 0.15) is 5.76 Å². The van der Waals surface area contributed by atoms with E-state index in [1.165, 1.54) is 0 Å². The molecular weight excluding hydrogens is 152 g/mol. The van der Waals surface area contributed by atoms with E-state index in [0.717, 1.165) is 31.8 Å². The molecule has 1 aromatic rings. The van der Waals surface area contributed by atoms with Crippen molar-refractivity contribution in [2.75, 3.05) is 19.6 Å². The van der Waals surface area contributed by atoms with E-state index >= 15 is 0 Å². The van der Waals surface area contributed by atoms with Crippen molar-refractivity contribution < 1.29 is 4.42 Å². The lowest BCUT2D eigenvalue weighted by atomic mass is 10.1. The molecule has 1 aliphatic rings. The second kappa shape index (κ2) is 3.74. The molecule has 66 valence electrons. The van der Waals surface area contributed by atoms with E-state index in [4.69, 9.17) is 4.42 Å². The predicted octanol–water partition coefficient (Wildman–Crippen LogP) is 0.383. The van der Waals surface area contributed by atoms with Gasteiger partial charge in [-0.2, -0.15) is 0 Å². The van der Waals surface area contributed by atoms with Gasteiger partial charge in [0.25, 0.3) is 0 Å². The van der Waals surface area contributed by atoms with Crippen molar-refractivity contribution in [3.8, 4) is 0 Å². The molecule has 0 saturated carbocycles. The Bertz CT molecular complexity index is 214. The normalized spacial score (nSPS) is 24.2. The van der Waals surface area contributed by atoms with Crippen LogP contribution in [0, 0.1) is 0 Å². The smallest absolute Gasteiger partial charge is 0.105 e. The Hall–Kier alpha value is -0.800. The number of hydrogen-bond acceptors (Lipinski definition) is 3. The average Bonchev–Trinajstić information content (AvgIpc) is 2.59. The molecule has 2 rings (SSSR count). The van der Waals surface area contributed by atoms with Gasteiger partial charge in [-0.1, -0.05) is 0 Å². The lowest BCUT2D eigenvalue weighted by Crippen LogP contribution is -2.49. The van der Waals surface area contributed by atoms with E-state index in [1.54, 1.807) is 6.26 Å². The summed E-state index contributed by atoms with van der Waals surface area (Å²) in [6.45, 7) is 3.18. The van der Waals surface area contributed by atoms with Crippen LogP contribution in [0.15, 0.2) is 22.8 Å². The summed E-state index contributed by atoms with van der Waals surface area (Å²) in [5, 5.41) is 6.78. The fourth-order valence-corrected chi connectivity index (χ4v) is 1.53. The van der Waals surface area contributed by atoms with Gasteiger partial charge >= 0.3 is 0 Å². The first-order chi connectivity index (χ1) is 5.95. The number of furan rings is 1. The van der Waals surface area contributed by atoms with Crippen LogP contribution in [0.2, 0.25) is 0 Å². The van der Waals surface area contributed by atoms with Crippen molar-refractivity contribution in [1.82, 2.24) is 10.6 Å². The highest BCUT2D eigenvalue weighted by atomic mass is 16.3. The lowest BCUT2D eigenvalue weighted by molar-refractivity contribution is 0.387. The second-order valence-corrected chi connectivity index (χ2v) is 3.14. The lowest BCUT2D eigenvalue weighted by Gasteiger charge is -2.23. The first kappa shape index (κ1) is 7.83. The number of hydrogen-bond donors (Lipinski definition) is 2. The van der Waals surface area contributed by atoms with Gasteiger partial charge in [0, 0.05) is 32.1 Å². The fourth-order valence-electron chi connectivity index (χ4n) is 1.53. The summed E-state index contributed by atoms with van der Waals surface area (Å²) in [6, 6.07) is 4.49. The maximum atomic E-state index is 5.27. The fraction of sp³-hybridized carbons (Fsp3) is 0.556. The van der Waals surface area contributed by atoms with Gasteiger partial charge in [0.15, 0.2) is 0 Å². The Labute approximate surface area is 72.1 Å². The molecule has 12 heavy (non-hydrogen) atoms. The van der Waals surface area contributed by atoms with Gasteiger partial charge < -0.3 is 15.1 Å². The second-order valence-electron chi connectivity index (χ2n) is 3.14. The number of piperazine rings is 1. The highest BCUT2D eigenvalue weighted by molar-refractivity contribution is 5.01. The maximum absolute atomic E-state index is 5.27. The molecule has 0 bridgehead atoms. The van der Waals surface area contributed by atoms with Crippen LogP contribution in [-0.2, 0) is 6.42 Å². The molecule has 1 saturated heterocycles. The topological polar surface area (TPSA) is 37.2 Å². The van der Waals surface area contributed by atoms with Gasteiger partial charge in [0.2, 0.25) is 0 Å². The highest BCUT2D eigenvalue weighted by Crippen LogP contribution is 2.04. The van der Waals surface area contributed by atoms with E-state index in [1.807, 2.05) is 12.1 Å². The molecule has 1 unspecified atom stereocenters. The quantitative estimate of drug-likeness (QED) is 0.667. The van der Waals surface area contributed by atoms with Crippen molar-refractivity contribution in [2.45, 2.75) is 12.5 Å². The molecular formula is C9H14N2O. The largest absolute Gasteiger partial charge is 0.469 e. The molecule has 3 heteroatoms. The van der Waals surface area contributed by atoms with Crippen molar-refractivity contribution in [3.63, 3.8) is 0 Å². The Kier molecular flexibility index (Phi) is 2.44. The van der Waals surface area contributed by atoms with Crippen molar-refractivity contribution in [2.24, 2.45) is 0 Å². The molecule has 0 aliphatic carbocycles. The Balaban J connectivity index is 1.86. The summed E-state index contributed by atoms with van der Waals surface area (Å²) in [7, 11) is 0. The molecule has 2 N–H and O–H groups in total. The van der Waals surface area contributed by atoms with Gasteiger partial charge in [-0.05, 0) is 12.1 Å². The molecule has 0 aromatic carbocycles. The standard InChI is InChI=1S/C9H14N2O/c1-2-9(12-5-1)6-8-7-10-3-4-11-8/h1-2,5,8,10-11H,3-4,6-7H2. The zero-order chi connectivity index (χ0) is 8.23. The molecule has 1 atom stereocenters. The highest BCUT2D eigenvalue weighted by Gasteiger charge is 2.13. The number of rotatable bonds is 2. The summed E-state index contributed by atoms with van der Waals surface area (Å²) in [4.78, 5) is 0. The first-order valence-electron chi connectivity index (χ1n) is 4.41. The molecule has 2 heterocycles. The van der Waals surface area contributed by atoms with E-state index < -0.39 is 0 Å². The van der Waals surface area contributed by atoms with Crippen LogP contribution < -0.4 is 10.6 Å². The zero-order valence-electron chi connectivity index (χ0n) is 7.05. The minimum Gasteiger partial charge on any atom is -0.469 e. The van der Waals surface area contributed by atoms with E-state index in [2.05, 4.69) is 10.6 Å². The molecule has 0 spiro atoms. The van der Waals surface area contributed by atoms with Crippen LogP contribution in [0.4, 0.5) is 0 Å². The van der Waals surface area contributed by atoms with Crippen molar-refractivity contribution >= 4 is 0 Å². The molecule has 1 fully saturated rings. The van der Waals surface area contributed by atoms with Crippen LogP contribution in [-0.4, -0.2) is 25.7 Å². The molecule has 0 amide bonds. The number of nitrogens with one attached hydrogen (secondary N) is 2. The van der Waals surface area contributed by atoms with Crippen LogP contribution in [0.25, 0.3) is 0 Å². The summed E-state index contributed by atoms with van der Waals surface area (Å²) in [5.74, 6) is 1.07. The Morgan fingerprint density at radius 1 is 1.50 bits per heavy atom. The summed E-state index contributed by atoms with van der Waals surface area (Å²) in [6.07, 6.45) is 2.71. The van der Waals surface area contributed by atoms with E-state index in [-0.39, 0.29) is 0 Å². The van der Waals surface area contributed by atoms with E-state index in [0.29, 0.717) is 6.04 Å². The first-order valence-corrected chi connectivity index (χ1v) is 4.41. The molecule has 1 aliphatic heterocycles. The summed E-state index contributed by atoms with van der Waals surface area (Å²) in [5.41, 5.74) is 0. The molecule has 3 nitrogen and oxygen atoms in total. The van der Waals surface area contributed by atoms with Gasteiger partial charge in [-0.3, -0.25) is 0 Å². The Morgan fingerprint density at radius 3 is 3.17 bits per heavy atom. The van der Waals surface area contributed by atoms with Gasteiger partial charge in [-0.25, -0.2) is 0 Å². The summed E-state index contributed by atoms with van der Waals surface area (Å²) < 4.78 is 5.27. The molecule has 1 aromatic heterocycles. The van der Waals surface area contributed by atoms with Gasteiger partial charge in [-0.15, -0.1) is 0 Å². The minimum atomic E-state index is 0.532.